The second-order valence-electron chi connectivity index (χ2n) is 8.07. The van der Waals surface area contributed by atoms with E-state index in [4.69, 9.17) is 9.47 Å². The van der Waals surface area contributed by atoms with Crippen molar-refractivity contribution >= 4 is 11.9 Å². The van der Waals surface area contributed by atoms with Gasteiger partial charge in [0.05, 0.1) is 14.2 Å². The van der Waals surface area contributed by atoms with Crippen molar-refractivity contribution in [2.45, 2.75) is 31.5 Å². The molecule has 2 N–H and O–H groups in total. The third-order valence-corrected chi connectivity index (χ3v) is 5.58. The monoisotopic (exact) mass is 518 g/mol. The van der Waals surface area contributed by atoms with Crippen LogP contribution in [0.3, 0.4) is 0 Å². The van der Waals surface area contributed by atoms with Gasteiger partial charge in [-0.15, -0.1) is 0 Å². The number of nitrogens with zero attached hydrogens (tertiary/aromatic N) is 1. The average Bonchev–Trinajstić information content (AvgIpc) is 2.89. The number of ether oxygens (including phenoxy) is 3. The summed E-state index contributed by atoms with van der Waals surface area (Å²) < 4.78 is 53.3. The zero-order valence-corrected chi connectivity index (χ0v) is 20.2. The summed E-state index contributed by atoms with van der Waals surface area (Å²) in [5.74, 6) is -2.03. The molecule has 0 saturated carbocycles. The second kappa shape index (κ2) is 11.6. The molecule has 1 amide bonds. The number of rotatable bonds is 9. The number of phenols is 1. The van der Waals surface area contributed by atoms with Gasteiger partial charge >= 0.3 is 18.1 Å². The van der Waals surface area contributed by atoms with Gasteiger partial charge in [-0.25, -0.2) is 9.78 Å². The second-order valence-corrected chi connectivity index (χ2v) is 8.07. The normalized spacial score (nSPS) is 12.8. The number of carbonyl (C=O) groups excluding carboxylic acids is 2. The van der Waals surface area contributed by atoms with E-state index in [1.165, 1.54) is 13.2 Å². The van der Waals surface area contributed by atoms with Gasteiger partial charge in [0.1, 0.15) is 23.3 Å². The van der Waals surface area contributed by atoms with Crippen LogP contribution in [0.4, 0.5) is 13.2 Å². The Morgan fingerprint density at radius 3 is 2.27 bits per heavy atom. The Morgan fingerprint density at radius 1 is 1.03 bits per heavy atom. The molecule has 1 unspecified atom stereocenters. The lowest BCUT2D eigenvalue weighted by Crippen LogP contribution is -2.48. The van der Waals surface area contributed by atoms with Crippen LogP contribution in [-0.2, 0) is 20.7 Å². The number of aromatic hydroxyl groups is 1. The standard InChI is InChI=1S/C26H25F3N2O6/c1-15(17-6-11-23(35-2)30-14-17)20-13-19(9-10-22(20)32)37-18-7-4-16(5-8-18)12-21(24(33)36-3)31-25(34)26(27,28)29/h4-11,13-15,21,32H,12H2,1-3H3,(H,31,34)/t15?,21-/m0/s1. The van der Waals surface area contributed by atoms with Gasteiger partial charge in [-0.3, -0.25) is 4.79 Å². The van der Waals surface area contributed by atoms with Crippen molar-refractivity contribution in [1.82, 2.24) is 10.3 Å². The molecule has 3 rings (SSSR count). The Morgan fingerprint density at radius 2 is 1.70 bits per heavy atom. The van der Waals surface area contributed by atoms with E-state index in [0.29, 0.717) is 28.5 Å². The fourth-order valence-corrected chi connectivity index (χ4v) is 3.53. The van der Waals surface area contributed by atoms with Crippen LogP contribution in [0.1, 0.15) is 29.5 Å². The summed E-state index contributed by atoms with van der Waals surface area (Å²) >= 11 is 0. The molecule has 37 heavy (non-hydrogen) atoms. The molecule has 0 radical (unpaired) electrons. The maximum absolute atomic E-state index is 12.6. The summed E-state index contributed by atoms with van der Waals surface area (Å²) in [4.78, 5) is 27.3. The number of methoxy groups -OCH3 is 2. The number of esters is 1. The molecule has 8 nitrogen and oxygen atoms in total. The van der Waals surface area contributed by atoms with Gasteiger partial charge in [0, 0.05) is 30.2 Å². The molecule has 196 valence electrons. The van der Waals surface area contributed by atoms with E-state index in [0.717, 1.165) is 12.7 Å². The number of hydrogen-bond donors (Lipinski definition) is 2. The van der Waals surface area contributed by atoms with Crippen LogP contribution in [0.5, 0.6) is 23.1 Å². The van der Waals surface area contributed by atoms with E-state index < -0.39 is 24.1 Å². The summed E-state index contributed by atoms with van der Waals surface area (Å²) in [5.41, 5.74) is 1.94. The van der Waals surface area contributed by atoms with E-state index in [9.17, 15) is 27.9 Å². The molecule has 0 aliphatic carbocycles. The molecule has 0 spiro atoms. The SMILES string of the molecule is COC(=O)[C@H](Cc1ccc(Oc2ccc(O)c(C(C)c3ccc(OC)nc3)c2)cc1)NC(=O)C(F)(F)F. The highest BCUT2D eigenvalue weighted by molar-refractivity contribution is 5.87. The zero-order valence-electron chi connectivity index (χ0n) is 20.2. The first kappa shape index (κ1) is 27.3. The number of nitrogens with one attached hydrogen (secondary N) is 1. The van der Waals surface area contributed by atoms with Gasteiger partial charge in [-0.1, -0.05) is 25.1 Å². The highest BCUT2D eigenvalue weighted by Gasteiger charge is 2.41. The van der Waals surface area contributed by atoms with E-state index in [-0.39, 0.29) is 18.1 Å². The Labute approximate surface area is 211 Å². The molecule has 0 saturated heterocycles. The predicted molar refractivity (Wildman–Crippen MR) is 127 cm³/mol. The third-order valence-electron chi connectivity index (χ3n) is 5.58. The number of pyridine rings is 1. The highest BCUT2D eigenvalue weighted by atomic mass is 19.4. The van der Waals surface area contributed by atoms with Gasteiger partial charge in [0.25, 0.3) is 0 Å². The number of amides is 1. The maximum Gasteiger partial charge on any atom is 0.471 e. The molecule has 1 heterocycles. The van der Waals surface area contributed by atoms with Crippen molar-refractivity contribution in [2.24, 2.45) is 0 Å². The van der Waals surface area contributed by atoms with E-state index >= 15 is 0 Å². The predicted octanol–water partition coefficient (Wildman–Crippen LogP) is 4.50. The number of halogens is 3. The largest absolute Gasteiger partial charge is 0.508 e. The van der Waals surface area contributed by atoms with E-state index in [1.807, 2.05) is 13.0 Å². The molecule has 0 aliphatic rings. The van der Waals surface area contributed by atoms with Gasteiger partial charge in [-0.2, -0.15) is 13.2 Å². The quantitative estimate of drug-likeness (QED) is 0.402. The van der Waals surface area contributed by atoms with Gasteiger partial charge < -0.3 is 24.6 Å². The minimum Gasteiger partial charge on any atom is -0.508 e. The van der Waals surface area contributed by atoms with Gasteiger partial charge in [-0.05, 0) is 41.5 Å². The fraction of sp³-hybridized carbons (Fsp3) is 0.269. The Bertz CT molecular complexity index is 1230. The summed E-state index contributed by atoms with van der Waals surface area (Å²) in [5, 5.41) is 12.0. The first-order valence-corrected chi connectivity index (χ1v) is 11.1. The number of benzene rings is 2. The lowest BCUT2D eigenvalue weighted by molar-refractivity contribution is -0.175. The van der Waals surface area contributed by atoms with Crippen molar-refractivity contribution in [3.8, 4) is 23.1 Å². The number of alkyl halides is 3. The summed E-state index contributed by atoms with van der Waals surface area (Å²) in [6.07, 6.45) is -3.69. The molecule has 2 aromatic carbocycles. The van der Waals surface area contributed by atoms with Crippen molar-refractivity contribution in [2.75, 3.05) is 14.2 Å². The lowest BCUT2D eigenvalue weighted by atomic mass is 9.93. The third kappa shape index (κ3) is 7.12. The molecule has 0 fully saturated rings. The van der Waals surface area contributed by atoms with Crippen LogP contribution in [0.2, 0.25) is 0 Å². The highest BCUT2D eigenvalue weighted by Crippen LogP contribution is 2.35. The lowest BCUT2D eigenvalue weighted by Gasteiger charge is -2.18. The van der Waals surface area contributed by atoms with Crippen LogP contribution < -0.4 is 14.8 Å². The first-order valence-electron chi connectivity index (χ1n) is 11.1. The van der Waals surface area contributed by atoms with Crippen LogP contribution in [0.15, 0.2) is 60.8 Å². The maximum atomic E-state index is 12.6. The van der Waals surface area contributed by atoms with Crippen LogP contribution in [0.25, 0.3) is 0 Å². The van der Waals surface area contributed by atoms with Crippen LogP contribution >= 0.6 is 0 Å². The molecule has 2 atom stereocenters. The van der Waals surface area contributed by atoms with Crippen LogP contribution in [-0.4, -0.2) is 48.4 Å². The number of phenolic OH excluding ortho intramolecular Hbond substituents is 1. The number of hydrogen-bond acceptors (Lipinski definition) is 7. The van der Waals surface area contributed by atoms with Crippen molar-refractivity contribution in [3.63, 3.8) is 0 Å². The topological polar surface area (TPSA) is 107 Å². The first-order chi connectivity index (χ1) is 17.5. The Hall–Kier alpha value is -4.28. The molecule has 1 aromatic heterocycles. The Balaban J connectivity index is 1.72. The molecule has 11 heteroatoms. The van der Waals surface area contributed by atoms with Crippen LogP contribution in [0, 0.1) is 0 Å². The molecule has 0 bridgehead atoms. The average molecular weight is 518 g/mol. The van der Waals surface area contributed by atoms with E-state index in [2.05, 4.69) is 9.72 Å². The molecular formula is C26H25F3N2O6. The molecular weight excluding hydrogens is 493 g/mol. The fourth-order valence-electron chi connectivity index (χ4n) is 3.53. The number of carbonyl (C=O) groups is 2. The minimum absolute atomic E-state index is 0.0840. The smallest absolute Gasteiger partial charge is 0.471 e. The minimum atomic E-state index is -5.13. The summed E-state index contributed by atoms with van der Waals surface area (Å²) in [6.45, 7) is 1.91. The van der Waals surface area contributed by atoms with Gasteiger partial charge in [0.15, 0.2) is 0 Å². The van der Waals surface area contributed by atoms with Crippen molar-refractivity contribution in [3.05, 3.63) is 77.5 Å². The van der Waals surface area contributed by atoms with E-state index in [1.54, 1.807) is 54.0 Å². The van der Waals surface area contributed by atoms with Crippen molar-refractivity contribution < 1.29 is 42.1 Å². The molecule has 0 aliphatic heterocycles. The molecule has 3 aromatic rings. The zero-order chi connectivity index (χ0) is 27.2. The Kier molecular flexibility index (Phi) is 8.59. The summed E-state index contributed by atoms with van der Waals surface area (Å²) in [6, 6.07) is 13.1. The van der Waals surface area contributed by atoms with Crippen molar-refractivity contribution in [1.29, 1.82) is 0 Å². The van der Waals surface area contributed by atoms with Gasteiger partial charge in [0.2, 0.25) is 5.88 Å². The number of aromatic nitrogens is 1. The summed E-state index contributed by atoms with van der Waals surface area (Å²) in [7, 11) is 2.54.